The van der Waals surface area contributed by atoms with Crippen LogP contribution in [-0.4, -0.2) is 11.8 Å². The van der Waals surface area contributed by atoms with Crippen LogP contribution < -0.4 is 5.32 Å². The van der Waals surface area contributed by atoms with Crippen molar-refractivity contribution < 1.29 is 4.79 Å². The number of halogens is 1. The summed E-state index contributed by atoms with van der Waals surface area (Å²) in [4.78, 5) is 11.0. The molecule has 0 aliphatic carbocycles. The molecule has 14 heavy (non-hydrogen) atoms. The molecule has 0 spiro atoms. The Labute approximate surface area is 89.3 Å². The third kappa shape index (κ3) is 2.48. The number of benzene rings is 1. The van der Waals surface area contributed by atoms with Gasteiger partial charge in [0.05, 0.1) is 5.54 Å². The molecule has 0 radical (unpaired) electrons. The second-order valence-electron chi connectivity index (χ2n) is 3.51. The van der Waals surface area contributed by atoms with Gasteiger partial charge in [-0.1, -0.05) is 30.3 Å². The number of amides is 1. The topological polar surface area (TPSA) is 29.1 Å². The molecule has 0 saturated heterocycles. The molecule has 0 bridgehead atoms. The van der Waals surface area contributed by atoms with Crippen molar-refractivity contribution in [3.05, 3.63) is 35.9 Å². The van der Waals surface area contributed by atoms with Gasteiger partial charge in [-0.05, 0) is 12.5 Å². The Balaban J connectivity index is 2.95. The van der Waals surface area contributed by atoms with Crippen molar-refractivity contribution in [2.24, 2.45) is 0 Å². The molecule has 0 saturated carbocycles. The zero-order valence-electron chi connectivity index (χ0n) is 8.38. The zero-order chi connectivity index (χ0) is 10.6. The standard InChI is InChI=1S/C11H14ClNO/c1-9(14)13-11(2,8-12)10-6-4-3-5-7-10/h3-7H,8H2,1-2H3,(H,13,14). The minimum atomic E-state index is -0.478. The second kappa shape index (κ2) is 4.47. The third-order valence-corrected chi connectivity index (χ3v) is 2.66. The number of alkyl halides is 1. The summed E-state index contributed by atoms with van der Waals surface area (Å²) in [6.07, 6.45) is 0. The monoisotopic (exact) mass is 211 g/mol. The molecular formula is C11H14ClNO. The highest BCUT2D eigenvalue weighted by atomic mass is 35.5. The lowest BCUT2D eigenvalue weighted by atomic mass is 9.94. The quantitative estimate of drug-likeness (QED) is 0.764. The van der Waals surface area contributed by atoms with Crippen molar-refractivity contribution in [1.82, 2.24) is 5.32 Å². The van der Waals surface area contributed by atoms with Crippen LogP contribution in [0, 0.1) is 0 Å². The number of hydrogen-bond donors (Lipinski definition) is 1. The lowest BCUT2D eigenvalue weighted by Crippen LogP contribution is -2.43. The van der Waals surface area contributed by atoms with Crippen LogP contribution in [0.3, 0.4) is 0 Å². The molecule has 1 N–H and O–H groups in total. The van der Waals surface area contributed by atoms with E-state index in [0.717, 1.165) is 5.56 Å². The van der Waals surface area contributed by atoms with Crippen LogP contribution in [0.5, 0.6) is 0 Å². The van der Waals surface area contributed by atoms with Crippen molar-refractivity contribution in [1.29, 1.82) is 0 Å². The molecule has 2 nitrogen and oxygen atoms in total. The van der Waals surface area contributed by atoms with Crippen LogP contribution in [-0.2, 0) is 10.3 Å². The molecule has 1 rings (SSSR count). The van der Waals surface area contributed by atoms with E-state index in [1.807, 2.05) is 37.3 Å². The fourth-order valence-corrected chi connectivity index (χ4v) is 1.60. The molecule has 76 valence electrons. The largest absolute Gasteiger partial charge is 0.346 e. The Hall–Kier alpha value is -1.02. The van der Waals surface area contributed by atoms with Crippen molar-refractivity contribution in [2.75, 3.05) is 5.88 Å². The van der Waals surface area contributed by atoms with E-state index in [2.05, 4.69) is 5.32 Å². The first-order valence-corrected chi connectivity index (χ1v) is 5.02. The van der Waals surface area contributed by atoms with Gasteiger partial charge >= 0.3 is 0 Å². The normalized spacial score (nSPS) is 14.5. The fraction of sp³-hybridized carbons (Fsp3) is 0.364. The van der Waals surface area contributed by atoms with Gasteiger partial charge in [-0.15, -0.1) is 11.6 Å². The van der Waals surface area contributed by atoms with Gasteiger partial charge in [-0.25, -0.2) is 0 Å². The van der Waals surface area contributed by atoms with E-state index in [1.54, 1.807) is 0 Å². The number of carbonyl (C=O) groups excluding carboxylic acids is 1. The number of hydrogen-bond acceptors (Lipinski definition) is 1. The highest BCUT2D eigenvalue weighted by molar-refractivity contribution is 6.18. The Morgan fingerprint density at radius 2 is 2.00 bits per heavy atom. The smallest absolute Gasteiger partial charge is 0.217 e. The summed E-state index contributed by atoms with van der Waals surface area (Å²) in [5, 5.41) is 2.85. The zero-order valence-corrected chi connectivity index (χ0v) is 9.14. The molecule has 1 unspecified atom stereocenters. The lowest BCUT2D eigenvalue weighted by molar-refractivity contribution is -0.120. The van der Waals surface area contributed by atoms with Crippen molar-refractivity contribution in [3.63, 3.8) is 0 Å². The van der Waals surface area contributed by atoms with E-state index in [1.165, 1.54) is 6.92 Å². The highest BCUT2D eigenvalue weighted by Crippen LogP contribution is 2.21. The summed E-state index contributed by atoms with van der Waals surface area (Å²) >= 11 is 5.87. The van der Waals surface area contributed by atoms with Crippen LogP contribution in [0.4, 0.5) is 0 Å². The maximum Gasteiger partial charge on any atom is 0.217 e. The average Bonchev–Trinajstić information content (AvgIpc) is 2.18. The first kappa shape index (κ1) is 11.1. The first-order valence-electron chi connectivity index (χ1n) is 4.49. The van der Waals surface area contributed by atoms with Gasteiger partial charge in [0, 0.05) is 12.8 Å². The summed E-state index contributed by atoms with van der Waals surface area (Å²) in [7, 11) is 0. The fourth-order valence-electron chi connectivity index (χ4n) is 1.38. The maximum atomic E-state index is 11.0. The predicted octanol–water partition coefficient (Wildman–Crippen LogP) is 2.28. The van der Waals surface area contributed by atoms with Crippen LogP contribution >= 0.6 is 11.6 Å². The molecule has 0 aliphatic heterocycles. The van der Waals surface area contributed by atoms with Gasteiger partial charge in [-0.2, -0.15) is 0 Å². The van der Waals surface area contributed by atoms with Gasteiger partial charge in [0.15, 0.2) is 0 Å². The van der Waals surface area contributed by atoms with E-state index in [4.69, 9.17) is 11.6 Å². The Morgan fingerprint density at radius 3 is 2.43 bits per heavy atom. The summed E-state index contributed by atoms with van der Waals surface area (Å²) < 4.78 is 0. The Bertz CT molecular complexity index is 312. The highest BCUT2D eigenvalue weighted by Gasteiger charge is 2.25. The summed E-state index contributed by atoms with van der Waals surface area (Å²) in [5.41, 5.74) is 0.541. The van der Waals surface area contributed by atoms with Crippen LogP contribution in [0.1, 0.15) is 19.4 Å². The van der Waals surface area contributed by atoms with Crippen LogP contribution in [0.25, 0.3) is 0 Å². The maximum absolute atomic E-state index is 11.0. The molecule has 1 aromatic rings. The number of nitrogens with one attached hydrogen (secondary N) is 1. The molecular weight excluding hydrogens is 198 g/mol. The third-order valence-electron chi connectivity index (χ3n) is 2.13. The molecule has 1 amide bonds. The van der Waals surface area contributed by atoms with E-state index >= 15 is 0 Å². The number of rotatable bonds is 3. The minimum Gasteiger partial charge on any atom is -0.346 e. The van der Waals surface area contributed by atoms with Gasteiger partial charge < -0.3 is 5.32 Å². The predicted molar refractivity (Wildman–Crippen MR) is 58.3 cm³/mol. The van der Waals surface area contributed by atoms with Crippen molar-refractivity contribution in [3.8, 4) is 0 Å². The van der Waals surface area contributed by atoms with E-state index < -0.39 is 5.54 Å². The average molecular weight is 212 g/mol. The van der Waals surface area contributed by atoms with E-state index in [0.29, 0.717) is 5.88 Å². The minimum absolute atomic E-state index is 0.0722. The second-order valence-corrected chi connectivity index (χ2v) is 3.78. The van der Waals surface area contributed by atoms with E-state index in [9.17, 15) is 4.79 Å². The number of carbonyl (C=O) groups is 1. The molecule has 1 aromatic carbocycles. The van der Waals surface area contributed by atoms with Gasteiger partial charge in [-0.3, -0.25) is 4.79 Å². The first-order chi connectivity index (χ1) is 6.58. The SMILES string of the molecule is CC(=O)NC(C)(CCl)c1ccccc1. The Morgan fingerprint density at radius 1 is 1.43 bits per heavy atom. The van der Waals surface area contributed by atoms with Crippen molar-refractivity contribution in [2.45, 2.75) is 19.4 Å². The molecule has 0 aromatic heterocycles. The van der Waals surface area contributed by atoms with Crippen molar-refractivity contribution >= 4 is 17.5 Å². The van der Waals surface area contributed by atoms with Crippen LogP contribution in [0.15, 0.2) is 30.3 Å². The van der Waals surface area contributed by atoms with E-state index in [-0.39, 0.29) is 5.91 Å². The molecule has 3 heteroatoms. The van der Waals surface area contributed by atoms with Crippen LogP contribution in [0.2, 0.25) is 0 Å². The summed E-state index contributed by atoms with van der Waals surface area (Å²) in [5.74, 6) is 0.286. The molecule has 0 fully saturated rings. The van der Waals surface area contributed by atoms with Gasteiger partial charge in [0.25, 0.3) is 0 Å². The Kier molecular flexibility index (Phi) is 3.53. The van der Waals surface area contributed by atoms with Gasteiger partial charge in [0.2, 0.25) is 5.91 Å². The summed E-state index contributed by atoms with van der Waals surface area (Å²) in [6.45, 7) is 3.41. The summed E-state index contributed by atoms with van der Waals surface area (Å²) in [6, 6.07) is 9.71. The molecule has 0 heterocycles. The lowest BCUT2D eigenvalue weighted by Gasteiger charge is -2.28. The van der Waals surface area contributed by atoms with Gasteiger partial charge in [0.1, 0.15) is 0 Å². The molecule has 0 aliphatic rings. The molecule has 1 atom stereocenters.